The maximum atomic E-state index is 12.0. The second kappa shape index (κ2) is 10.1. The van der Waals surface area contributed by atoms with Gasteiger partial charge in [-0.25, -0.2) is 9.59 Å². The summed E-state index contributed by atoms with van der Waals surface area (Å²) in [6, 6.07) is 14.0. The predicted molar refractivity (Wildman–Crippen MR) is 101 cm³/mol. The summed E-state index contributed by atoms with van der Waals surface area (Å²) in [6.07, 6.45) is 0.672. The minimum Gasteiger partial charge on any atom is -0.494 e. The molecular formula is C20H24N2O4. The Hall–Kier alpha value is -3.02. The zero-order valence-corrected chi connectivity index (χ0v) is 15.1. The number of hydrogen-bond donors (Lipinski definition) is 2. The van der Waals surface area contributed by atoms with Crippen molar-refractivity contribution >= 4 is 17.7 Å². The third-order valence-corrected chi connectivity index (χ3v) is 3.61. The first-order chi connectivity index (χ1) is 12.6. The Kier molecular flexibility index (Phi) is 7.49. The van der Waals surface area contributed by atoms with Gasteiger partial charge < -0.3 is 20.1 Å². The van der Waals surface area contributed by atoms with Gasteiger partial charge in [0.2, 0.25) is 0 Å². The van der Waals surface area contributed by atoms with Gasteiger partial charge in [0, 0.05) is 12.2 Å². The average Bonchev–Trinajstić information content (AvgIpc) is 2.64. The molecule has 0 fully saturated rings. The highest BCUT2D eigenvalue weighted by atomic mass is 16.5. The standard InChI is InChI=1S/C20H24N2O4/c1-3-25-18-8-6-5-7-15(18)13-14-21-20(24)22-17-11-9-16(10-12-17)19(23)26-4-2/h5-12H,3-4,13-14H2,1-2H3,(H2,21,22,24). The Bertz CT molecular complexity index is 729. The molecule has 0 aliphatic carbocycles. The molecule has 0 saturated heterocycles. The topological polar surface area (TPSA) is 76.7 Å². The van der Waals surface area contributed by atoms with E-state index in [4.69, 9.17) is 9.47 Å². The number of amides is 2. The van der Waals surface area contributed by atoms with Crippen molar-refractivity contribution in [3.63, 3.8) is 0 Å². The molecule has 138 valence electrons. The van der Waals surface area contributed by atoms with Crippen molar-refractivity contribution in [1.29, 1.82) is 0 Å². The highest BCUT2D eigenvalue weighted by Crippen LogP contribution is 2.18. The SMILES string of the molecule is CCOC(=O)c1ccc(NC(=O)NCCc2ccccc2OCC)cc1. The van der Waals surface area contributed by atoms with Gasteiger partial charge in [0.1, 0.15) is 5.75 Å². The van der Waals surface area contributed by atoms with Crippen LogP contribution in [0, 0.1) is 0 Å². The number of urea groups is 1. The summed E-state index contributed by atoms with van der Waals surface area (Å²) in [6.45, 7) is 5.11. The second-order valence-corrected chi connectivity index (χ2v) is 5.47. The van der Waals surface area contributed by atoms with Crippen LogP contribution in [0.25, 0.3) is 0 Å². The van der Waals surface area contributed by atoms with Crippen molar-refractivity contribution in [2.75, 3.05) is 25.1 Å². The summed E-state index contributed by atoms with van der Waals surface area (Å²) in [5, 5.41) is 5.54. The Balaban J connectivity index is 1.81. The predicted octanol–water partition coefficient (Wildman–Crippen LogP) is 3.63. The lowest BCUT2D eigenvalue weighted by atomic mass is 10.1. The van der Waals surface area contributed by atoms with Gasteiger partial charge in [-0.3, -0.25) is 0 Å². The quantitative estimate of drug-likeness (QED) is 0.708. The number of carbonyl (C=O) groups is 2. The molecule has 6 heteroatoms. The number of esters is 1. The first kappa shape index (κ1) is 19.3. The van der Waals surface area contributed by atoms with Gasteiger partial charge in [0.25, 0.3) is 0 Å². The van der Waals surface area contributed by atoms with Crippen LogP contribution in [-0.2, 0) is 11.2 Å². The van der Waals surface area contributed by atoms with Crippen molar-refractivity contribution in [3.8, 4) is 5.75 Å². The van der Waals surface area contributed by atoms with Crippen molar-refractivity contribution in [2.24, 2.45) is 0 Å². The number of carbonyl (C=O) groups excluding carboxylic acids is 2. The van der Waals surface area contributed by atoms with Gasteiger partial charge >= 0.3 is 12.0 Å². The number of rotatable bonds is 8. The van der Waals surface area contributed by atoms with E-state index in [-0.39, 0.29) is 12.0 Å². The maximum absolute atomic E-state index is 12.0. The molecular weight excluding hydrogens is 332 g/mol. The highest BCUT2D eigenvalue weighted by Gasteiger charge is 2.07. The Morgan fingerprint density at radius 2 is 1.69 bits per heavy atom. The van der Waals surface area contributed by atoms with E-state index in [1.165, 1.54) is 0 Å². The molecule has 2 amide bonds. The molecule has 2 aromatic rings. The van der Waals surface area contributed by atoms with Crippen LogP contribution >= 0.6 is 0 Å². The van der Waals surface area contributed by atoms with E-state index in [1.807, 2.05) is 31.2 Å². The van der Waals surface area contributed by atoms with Crippen LogP contribution in [-0.4, -0.2) is 31.8 Å². The number of hydrogen-bond acceptors (Lipinski definition) is 4. The number of para-hydroxylation sites is 1. The first-order valence-electron chi connectivity index (χ1n) is 8.66. The highest BCUT2D eigenvalue weighted by molar-refractivity contribution is 5.92. The summed E-state index contributed by atoms with van der Waals surface area (Å²) in [5.41, 5.74) is 2.10. The lowest BCUT2D eigenvalue weighted by molar-refractivity contribution is 0.0526. The van der Waals surface area contributed by atoms with Crippen molar-refractivity contribution in [1.82, 2.24) is 5.32 Å². The Morgan fingerprint density at radius 1 is 0.962 bits per heavy atom. The van der Waals surface area contributed by atoms with E-state index < -0.39 is 0 Å². The van der Waals surface area contributed by atoms with Gasteiger partial charge in [-0.1, -0.05) is 18.2 Å². The normalized spacial score (nSPS) is 10.1. The molecule has 0 aliphatic heterocycles. The minimum absolute atomic E-state index is 0.303. The van der Waals surface area contributed by atoms with Crippen LogP contribution in [0.3, 0.4) is 0 Å². The van der Waals surface area contributed by atoms with Crippen LogP contribution < -0.4 is 15.4 Å². The fourth-order valence-electron chi connectivity index (χ4n) is 2.40. The minimum atomic E-state index is -0.378. The van der Waals surface area contributed by atoms with E-state index in [0.29, 0.717) is 37.4 Å². The first-order valence-corrected chi connectivity index (χ1v) is 8.66. The van der Waals surface area contributed by atoms with E-state index in [9.17, 15) is 9.59 Å². The van der Waals surface area contributed by atoms with Gasteiger partial charge in [0.05, 0.1) is 18.8 Å². The fraction of sp³-hybridized carbons (Fsp3) is 0.300. The van der Waals surface area contributed by atoms with Crippen molar-refractivity contribution in [3.05, 3.63) is 59.7 Å². The number of benzene rings is 2. The molecule has 0 spiro atoms. The molecule has 0 bridgehead atoms. The third-order valence-electron chi connectivity index (χ3n) is 3.61. The largest absolute Gasteiger partial charge is 0.494 e. The van der Waals surface area contributed by atoms with Gasteiger partial charge in [0.15, 0.2) is 0 Å². The lowest BCUT2D eigenvalue weighted by Gasteiger charge is -2.11. The van der Waals surface area contributed by atoms with Crippen LogP contribution in [0.1, 0.15) is 29.8 Å². The molecule has 0 saturated carbocycles. The zero-order chi connectivity index (χ0) is 18.8. The number of anilines is 1. The number of nitrogens with one attached hydrogen (secondary N) is 2. The Morgan fingerprint density at radius 3 is 2.38 bits per heavy atom. The summed E-state index contributed by atoms with van der Waals surface area (Å²) < 4.78 is 10.5. The second-order valence-electron chi connectivity index (χ2n) is 5.47. The van der Waals surface area contributed by atoms with E-state index in [0.717, 1.165) is 11.3 Å². The third kappa shape index (κ3) is 5.81. The van der Waals surface area contributed by atoms with Crippen LogP contribution in [0.15, 0.2) is 48.5 Å². The Labute approximate surface area is 153 Å². The van der Waals surface area contributed by atoms with Gasteiger partial charge in [-0.15, -0.1) is 0 Å². The molecule has 2 N–H and O–H groups in total. The number of ether oxygens (including phenoxy) is 2. The van der Waals surface area contributed by atoms with Crippen molar-refractivity contribution in [2.45, 2.75) is 20.3 Å². The lowest BCUT2D eigenvalue weighted by Crippen LogP contribution is -2.30. The van der Waals surface area contributed by atoms with Crippen LogP contribution in [0.5, 0.6) is 5.75 Å². The van der Waals surface area contributed by atoms with Crippen molar-refractivity contribution < 1.29 is 19.1 Å². The molecule has 0 unspecified atom stereocenters. The van der Waals surface area contributed by atoms with E-state index >= 15 is 0 Å². The summed E-state index contributed by atoms with van der Waals surface area (Å²) in [4.78, 5) is 23.6. The molecule has 0 radical (unpaired) electrons. The average molecular weight is 356 g/mol. The van der Waals surface area contributed by atoms with Gasteiger partial charge in [-0.2, -0.15) is 0 Å². The van der Waals surface area contributed by atoms with E-state index in [2.05, 4.69) is 10.6 Å². The summed E-state index contributed by atoms with van der Waals surface area (Å²) in [7, 11) is 0. The molecule has 2 rings (SSSR count). The van der Waals surface area contributed by atoms with Gasteiger partial charge in [-0.05, 0) is 56.2 Å². The van der Waals surface area contributed by atoms with E-state index in [1.54, 1.807) is 31.2 Å². The molecule has 0 atom stereocenters. The molecule has 0 aromatic heterocycles. The maximum Gasteiger partial charge on any atom is 0.338 e. The smallest absolute Gasteiger partial charge is 0.338 e. The molecule has 0 aliphatic rings. The molecule has 26 heavy (non-hydrogen) atoms. The summed E-state index contributed by atoms with van der Waals surface area (Å²) in [5.74, 6) is 0.461. The molecule has 0 heterocycles. The van der Waals surface area contributed by atoms with Crippen LogP contribution in [0.2, 0.25) is 0 Å². The fourth-order valence-corrected chi connectivity index (χ4v) is 2.40. The monoisotopic (exact) mass is 356 g/mol. The zero-order valence-electron chi connectivity index (χ0n) is 15.1. The molecule has 6 nitrogen and oxygen atoms in total. The van der Waals surface area contributed by atoms with Crippen LogP contribution in [0.4, 0.5) is 10.5 Å². The molecule has 2 aromatic carbocycles. The summed E-state index contributed by atoms with van der Waals surface area (Å²) >= 11 is 0.